The van der Waals surface area contributed by atoms with Crippen molar-refractivity contribution in [2.24, 2.45) is 5.92 Å². The van der Waals surface area contributed by atoms with E-state index in [0.29, 0.717) is 17.6 Å². The molecule has 1 aromatic carbocycles. The standard InChI is InChI=1S/C24H30N4O3/c1-6-15(2)19(23(30)31)26-22(29)17-12-13-28-18(14-17)25-20(16-10-8-7-9-11-16)21(28)27-24(3,4)5/h7-15,19,27H,6H2,1-5H3,(H,26,29)(H,30,31). The summed E-state index contributed by atoms with van der Waals surface area (Å²) in [6.07, 6.45) is 2.44. The van der Waals surface area contributed by atoms with Gasteiger partial charge in [0.15, 0.2) is 0 Å². The van der Waals surface area contributed by atoms with E-state index in [2.05, 4.69) is 31.4 Å². The zero-order valence-corrected chi connectivity index (χ0v) is 18.6. The molecule has 164 valence electrons. The van der Waals surface area contributed by atoms with Crippen molar-refractivity contribution in [3.8, 4) is 11.3 Å². The summed E-state index contributed by atoms with van der Waals surface area (Å²) in [6, 6.07) is 12.3. The summed E-state index contributed by atoms with van der Waals surface area (Å²) in [5.74, 6) is -0.801. The average molecular weight is 423 g/mol. The van der Waals surface area contributed by atoms with Gasteiger partial charge in [-0.1, -0.05) is 50.6 Å². The summed E-state index contributed by atoms with van der Waals surface area (Å²) >= 11 is 0. The van der Waals surface area contributed by atoms with Gasteiger partial charge in [0.2, 0.25) is 0 Å². The number of imidazole rings is 1. The molecule has 0 aliphatic heterocycles. The minimum absolute atomic E-state index is 0.177. The van der Waals surface area contributed by atoms with Crippen LogP contribution in [0.25, 0.3) is 16.9 Å². The zero-order chi connectivity index (χ0) is 22.8. The van der Waals surface area contributed by atoms with Crippen molar-refractivity contribution in [1.82, 2.24) is 14.7 Å². The van der Waals surface area contributed by atoms with E-state index in [0.717, 1.165) is 17.1 Å². The molecule has 2 aromatic heterocycles. The molecular weight excluding hydrogens is 392 g/mol. The number of anilines is 1. The second-order valence-corrected chi connectivity index (χ2v) is 8.87. The van der Waals surface area contributed by atoms with Gasteiger partial charge in [-0.3, -0.25) is 9.20 Å². The highest BCUT2D eigenvalue weighted by Crippen LogP contribution is 2.31. The van der Waals surface area contributed by atoms with Crippen molar-refractivity contribution in [2.45, 2.75) is 52.6 Å². The maximum atomic E-state index is 12.8. The molecule has 0 fully saturated rings. The number of amides is 1. The Labute approximate surface area is 182 Å². The highest BCUT2D eigenvalue weighted by molar-refractivity contribution is 5.97. The van der Waals surface area contributed by atoms with Gasteiger partial charge < -0.3 is 15.7 Å². The van der Waals surface area contributed by atoms with Gasteiger partial charge in [-0.2, -0.15) is 0 Å². The monoisotopic (exact) mass is 422 g/mol. The Balaban J connectivity index is 2.02. The van der Waals surface area contributed by atoms with Gasteiger partial charge in [0.25, 0.3) is 5.91 Å². The number of aromatic nitrogens is 2. The number of fused-ring (bicyclic) bond motifs is 1. The molecule has 31 heavy (non-hydrogen) atoms. The normalized spacial score (nSPS) is 13.6. The van der Waals surface area contributed by atoms with Gasteiger partial charge in [0.05, 0.1) is 0 Å². The van der Waals surface area contributed by atoms with Crippen LogP contribution >= 0.6 is 0 Å². The second kappa shape index (κ2) is 8.79. The molecular formula is C24H30N4O3. The minimum atomic E-state index is -1.03. The van der Waals surface area contributed by atoms with E-state index in [1.807, 2.05) is 48.6 Å². The van der Waals surface area contributed by atoms with Crippen LogP contribution in [0.5, 0.6) is 0 Å². The summed E-state index contributed by atoms with van der Waals surface area (Å²) in [7, 11) is 0. The van der Waals surface area contributed by atoms with Gasteiger partial charge in [0, 0.05) is 22.9 Å². The predicted octanol–water partition coefficient (Wildman–Crippen LogP) is 4.44. The van der Waals surface area contributed by atoms with Gasteiger partial charge >= 0.3 is 5.97 Å². The number of carbonyl (C=O) groups is 2. The number of hydrogen-bond acceptors (Lipinski definition) is 4. The number of benzene rings is 1. The molecule has 0 saturated carbocycles. The maximum absolute atomic E-state index is 12.8. The first-order valence-corrected chi connectivity index (χ1v) is 10.5. The predicted molar refractivity (Wildman–Crippen MR) is 122 cm³/mol. The molecule has 0 aliphatic carbocycles. The fraction of sp³-hybridized carbons (Fsp3) is 0.375. The fourth-order valence-electron chi connectivity index (χ4n) is 3.37. The van der Waals surface area contributed by atoms with E-state index in [1.165, 1.54) is 0 Å². The number of carbonyl (C=O) groups excluding carboxylic acids is 1. The number of rotatable bonds is 7. The molecule has 0 saturated heterocycles. The first-order chi connectivity index (χ1) is 14.6. The van der Waals surface area contributed by atoms with Crippen molar-refractivity contribution < 1.29 is 14.7 Å². The largest absolute Gasteiger partial charge is 0.480 e. The third-order valence-corrected chi connectivity index (χ3v) is 5.19. The Kier molecular flexibility index (Phi) is 6.34. The third kappa shape index (κ3) is 5.05. The Hall–Kier alpha value is -3.35. The van der Waals surface area contributed by atoms with E-state index in [9.17, 15) is 14.7 Å². The lowest BCUT2D eigenvalue weighted by Crippen LogP contribution is -2.45. The van der Waals surface area contributed by atoms with Crippen LogP contribution in [0.3, 0.4) is 0 Å². The van der Waals surface area contributed by atoms with Crippen LogP contribution in [0.2, 0.25) is 0 Å². The lowest BCUT2D eigenvalue weighted by Gasteiger charge is -2.22. The van der Waals surface area contributed by atoms with Crippen molar-refractivity contribution in [2.75, 3.05) is 5.32 Å². The molecule has 3 N–H and O–H groups in total. The summed E-state index contributed by atoms with van der Waals surface area (Å²) in [6.45, 7) is 9.93. The van der Waals surface area contributed by atoms with E-state index in [4.69, 9.17) is 4.98 Å². The Morgan fingerprint density at radius 2 is 1.84 bits per heavy atom. The molecule has 0 aliphatic rings. The maximum Gasteiger partial charge on any atom is 0.326 e. The molecule has 2 unspecified atom stereocenters. The second-order valence-electron chi connectivity index (χ2n) is 8.87. The summed E-state index contributed by atoms with van der Waals surface area (Å²) in [5, 5.41) is 15.6. The fourth-order valence-corrected chi connectivity index (χ4v) is 3.37. The van der Waals surface area contributed by atoms with Crippen LogP contribution in [0.15, 0.2) is 48.7 Å². The number of nitrogens with one attached hydrogen (secondary N) is 2. The van der Waals surface area contributed by atoms with Crippen LogP contribution in [0, 0.1) is 5.92 Å². The summed E-state index contributed by atoms with van der Waals surface area (Å²) in [4.78, 5) is 29.1. The van der Waals surface area contributed by atoms with Gasteiger partial charge in [-0.25, -0.2) is 9.78 Å². The molecule has 3 rings (SSSR count). The van der Waals surface area contributed by atoms with Crippen LogP contribution in [0.4, 0.5) is 5.82 Å². The van der Waals surface area contributed by atoms with Crippen molar-refractivity contribution >= 4 is 23.3 Å². The highest BCUT2D eigenvalue weighted by Gasteiger charge is 2.26. The van der Waals surface area contributed by atoms with E-state index in [1.54, 1.807) is 18.3 Å². The number of aliphatic carboxylic acids is 1. The van der Waals surface area contributed by atoms with E-state index < -0.39 is 17.9 Å². The summed E-state index contributed by atoms with van der Waals surface area (Å²) in [5.41, 5.74) is 2.53. The quantitative estimate of drug-likeness (QED) is 0.523. The third-order valence-electron chi connectivity index (χ3n) is 5.19. The van der Waals surface area contributed by atoms with Gasteiger partial charge in [0.1, 0.15) is 23.2 Å². The molecule has 0 spiro atoms. The van der Waals surface area contributed by atoms with E-state index in [-0.39, 0.29) is 11.5 Å². The van der Waals surface area contributed by atoms with Crippen molar-refractivity contribution in [3.05, 3.63) is 54.2 Å². The first kappa shape index (κ1) is 22.3. The molecule has 3 aromatic rings. The Morgan fingerprint density at radius 3 is 2.42 bits per heavy atom. The Morgan fingerprint density at radius 1 is 1.16 bits per heavy atom. The van der Waals surface area contributed by atoms with Crippen LogP contribution in [-0.4, -0.2) is 37.9 Å². The lowest BCUT2D eigenvalue weighted by atomic mass is 9.99. The van der Waals surface area contributed by atoms with Gasteiger partial charge in [-0.05, 0) is 38.8 Å². The molecule has 2 atom stereocenters. The average Bonchev–Trinajstić information content (AvgIpc) is 3.07. The molecule has 7 heteroatoms. The van der Waals surface area contributed by atoms with E-state index >= 15 is 0 Å². The minimum Gasteiger partial charge on any atom is -0.480 e. The number of pyridine rings is 1. The number of hydrogen-bond donors (Lipinski definition) is 3. The zero-order valence-electron chi connectivity index (χ0n) is 18.6. The molecule has 7 nitrogen and oxygen atoms in total. The lowest BCUT2D eigenvalue weighted by molar-refractivity contribution is -0.140. The molecule has 0 radical (unpaired) electrons. The Bertz CT molecular complexity index is 1080. The van der Waals surface area contributed by atoms with Gasteiger partial charge in [-0.15, -0.1) is 0 Å². The number of nitrogens with zero attached hydrogens (tertiary/aromatic N) is 2. The summed E-state index contributed by atoms with van der Waals surface area (Å²) < 4.78 is 1.91. The highest BCUT2D eigenvalue weighted by atomic mass is 16.4. The molecule has 0 bridgehead atoms. The smallest absolute Gasteiger partial charge is 0.326 e. The van der Waals surface area contributed by atoms with Crippen LogP contribution in [-0.2, 0) is 4.79 Å². The topological polar surface area (TPSA) is 95.7 Å². The number of carboxylic acids is 1. The van der Waals surface area contributed by atoms with Crippen molar-refractivity contribution in [1.29, 1.82) is 0 Å². The molecule has 2 heterocycles. The van der Waals surface area contributed by atoms with Crippen LogP contribution in [0.1, 0.15) is 51.4 Å². The van der Waals surface area contributed by atoms with Crippen molar-refractivity contribution in [3.63, 3.8) is 0 Å². The molecule has 1 amide bonds. The SMILES string of the molecule is CCC(C)C(NC(=O)c1ccn2c(NC(C)(C)C)c(-c3ccccc3)nc2c1)C(=O)O. The van der Waals surface area contributed by atoms with Crippen LogP contribution < -0.4 is 10.6 Å². The number of carboxylic acid groups (broad SMARTS) is 1. The first-order valence-electron chi connectivity index (χ1n) is 10.5.